The molecule has 1 aliphatic heterocycles. The summed E-state index contributed by atoms with van der Waals surface area (Å²) >= 11 is 7.70. The molecule has 0 N–H and O–H groups in total. The number of thiazole rings is 1. The lowest BCUT2D eigenvalue weighted by atomic mass is 10.2. The molecule has 1 aliphatic rings. The molecule has 0 amide bonds. The number of hydrogen-bond donors (Lipinski definition) is 0. The van der Waals surface area contributed by atoms with Crippen LogP contribution in [-0.4, -0.2) is 25.5 Å². The van der Waals surface area contributed by atoms with Crippen LogP contribution in [0, 0.1) is 0 Å². The van der Waals surface area contributed by atoms with Crippen molar-refractivity contribution in [3.63, 3.8) is 0 Å². The Balaban J connectivity index is 1.66. The lowest BCUT2D eigenvalue weighted by Gasteiger charge is -2.04. The summed E-state index contributed by atoms with van der Waals surface area (Å²) in [6.45, 7) is 0.630. The van der Waals surface area contributed by atoms with Gasteiger partial charge in [-0.15, -0.1) is 0 Å². The van der Waals surface area contributed by atoms with Crippen LogP contribution >= 0.6 is 22.9 Å². The second-order valence-corrected chi connectivity index (χ2v) is 9.29. The molecular formula is C19H16ClNO5S2. The fourth-order valence-electron chi connectivity index (χ4n) is 3.01. The summed E-state index contributed by atoms with van der Waals surface area (Å²) in [6.07, 6.45) is 4.15. The first-order valence-electron chi connectivity index (χ1n) is 8.52. The first-order valence-corrected chi connectivity index (χ1v) is 11.3. The van der Waals surface area contributed by atoms with Crippen LogP contribution in [0.15, 0.2) is 36.4 Å². The highest BCUT2D eigenvalue weighted by molar-refractivity contribution is 7.85. The number of nitrogens with zero attached hydrogens (tertiary/aromatic N) is 1. The minimum Gasteiger partial charge on any atom is -0.748 e. The van der Waals surface area contributed by atoms with E-state index in [1.807, 2.05) is 53.1 Å². The van der Waals surface area contributed by atoms with Gasteiger partial charge in [0.05, 0.1) is 10.1 Å². The molecule has 0 bridgehead atoms. The van der Waals surface area contributed by atoms with Gasteiger partial charge in [-0.05, 0) is 35.9 Å². The minimum atomic E-state index is -4.24. The van der Waals surface area contributed by atoms with Gasteiger partial charge >= 0.3 is 0 Å². The number of rotatable bonds is 6. The SMILES string of the molecule is O=S(=O)([O-])CCC[n+]1c(C=Cc2ccc3c(c2)OCO3)sc2ccc(Cl)cc21. The Morgan fingerprint density at radius 1 is 1.14 bits per heavy atom. The molecule has 0 fully saturated rings. The van der Waals surface area contributed by atoms with Crippen molar-refractivity contribution in [1.82, 2.24) is 0 Å². The van der Waals surface area contributed by atoms with Gasteiger partial charge in [-0.3, -0.25) is 0 Å². The zero-order valence-corrected chi connectivity index (χ0v) is 17.0. The van der Waals surface area contributed by atoms with Crippen molar-refractivity contribution in [1.29, 1.82) is 0 Å². The smallest absolute Gasteiger partial charge is 0.262 e. The third-order valence-corrected chi connectivity index (χ3v) is 6.44. The normalized spacial score (nSPS) is 13.6. The Morgan fingerprint density at radius 3 is 2.79 bits per heavy atom. The van der Waals surface area contributed by atoms with Crippen molar-refractivity contribution in [3.05, 3.63) is 52.0 Å². The molecule has 0 radical (unpaired) electrons. The van der Waals surface area contributed by atoms with Gasteiger partial charge in [0.2, 0.25) is 12.3 Å². The van der Waals surface area contributed by atoms with Crippen molar-refractivity contribution >= 4 is 55.4 Å². The number of aryl methyl sites for hydroxylation is 1. The van der Waals surface area contributed by atoms with E-state index in [4.69, 9.17) is 21.1 Å². The maximum absolute atomic E-state index is 10.9. The van der Waals surface area contributed by atoms with Crippen LogP contribution < -0.4 is 14.0 Å². The summed E-state index contributed by atoms with van der Waals surface area (Å²) in [5, 5.41) is 1.53. The number of fused-ring (bicyclic) bond motifs is 2. The van der Waals surface area contributed by atoms with Gasteiger partial charge in [0.25, 0.3) is 5.01 Å². The average molecular weight is 438 g/mol. The van der Waals surface area contributed by atoms with E-state index in [9.17, 15) is 13.0 Å². The molecule has 2 heterocycles. The predicted molar refractivity (Wildman–Crippen MR) is 108 cm³/mol. The Labute approximate surface area is 171 Å². The number of hydrogen-bond acceptors (Lipinski definition) is 6. The van der Waals surface area contributed by atoms with Gasteiger partial charge in [0.15, 0.2) is 18.0 Å². The minimum absolute atomic E-state index is 0.224. The summed E-state index contributed by atoms with van der Waals surface area (Å²) in [5.74, 6) is 1.03. The fourth-order valence-corrected chi connectivity index (χ4v) is 4.73. The molecule has 0 saturated heterocycles. The van der Waals surface area contributed by atoms with Crippen LogP contribution in [0.25, 0.3) is 22.4 Å². The molecule has 0 atom stereocenters. The molecule has 1 aromatic heterocycles. The Kier molecular flexibility index (Phi) is 5.29. The molecule has 9 heteroatoms. The standard InChI is InChI=1S/C19H16ClNO5S2/c20-14-4-6-18-15(11-14)21(8-1-9-28(22,23)24)19(27-18)7-3-13-2-5-16-17(10-13)26-12-25-16/h2-7,10-11H,1,8-9,12H2. The number of aromatic nitrogens is 1. The monoisotopic (exact) mass is 437 g/mol. The molecule has 3 aromatic rings. The summed E-state index contributed by atoms with van der Waals surface area (Å²) in [5.41, 5.74) is 1.86. The lowest BCUT2D eigenvalue weighted by Crippen LogP contribution is -2.36. The maximum atomic E-state index is 10.9. The summed E-state index contributed by atoms with van der Waals surface area (Å²) in [4.78, 5) is 0. The van der Waals surface area contributed by atoms with Crippen molar-refractivity contribution in [2.24, 2.45) is 0 Å². The number of halogens is 1. The molecule has 0 spiro atoms. The molecule has 4 rings (SSSR count). The van der Waals surface area contributed by atoms with E-state index in [1.165, 1.54) is 0 Å². The van der Waals surface area contributed by atoms with Crippen LogP contribution in [0.4, 0.5) is 0 Å². The van der Waals surface area contributed by atoms with Gasteiger partial charge in [0, 0.05) is 29.3 Å². The van der Waals surface area contributed by atoms with Crippen molar-refractivity contribution < 1.29 is 27.0 Å². The van der Waals surface area contributed by atoms with E-state index in [-0.39, 0.29) is 13.2 Å². The molecule has 2 aromatic carbocycles. The third kappa shape index (κ3) is 4.30. The summed E-state index contributed by atoms with van der Waals surface area (Å²) in [6, 6.07) is 11.3. The van der Waals surface area contributed by atoms with Crippen LogP contribution in [0.5, 0.6) is 11.5 Å². The molecule has 0 aliphatic carbocycles. The molecule has 0 saturated carbocycles. The van der Waals surface area contributed by atoms with Crippen LogP contribution in [0.3, 0.4) is 0 Å². The first-order chi connectivity index (χ1) is 13.4. The fraction of sp³-hybridized carbons (Fsp3) is 0.211. The summed E-state index contributed by atoms with van der Waals surface area (Å²) in [7, 11) is -4.24. The quantitative estimate of drug-likeness (QED) is 0.434. The van der Waals surface area contributed by atoms with Gasteiger partial charge in [0.1, 0.15) is 4.70 Å². The van der Waals surface area contributed by atoms with E-state index < -0.39 is 15.9 Å². The predicted octanol–water partition coefficient (Wildman–Crippen LogP) is 3.68. The maximum Gasteiger partial charge on any atom is 0.262 e. The zero-order chi connectivity index (χ0) is 19.7. The highest BCUT2D eigenvalue weighted by atomic mass is 35.5. The Hall–Kier alpha value is -2.13. The second-order valence-electron chi connectivity index (χ2n) is 6.27. The average Bonchev–Trinajstić information content (AvgIpc) is 3.23. The summed E-state index contributed by atoms with van der Waals surface area (Å²) < 4.78 is 46.6. The third-order valence-electron chi connectivity index (χ3n) is 4.28. The number of ether oxygens (including phenoxy) is 2. The molecule has 28 heavy (non-hydrogen) atoms. The highest BCUT2D eigenvalue weighted by Crippen LogP contribution is 2.33. The Bertz CT molecular complexity index is 1170. The molecule has 146 valence electrons. The molecular weight excluding hydrogens is 422 g/mol. The second kappa shape index (κ2) is 7.71. The lowest BCUT2D eigenvalue weighted by molar-refractivity contribution is -0.668. The van der Waals surface area contributed by atoms with Crippen molar-refractivity contribution in [2.75, 3.05) is 12.5 Å². The topological polar surface area (TPSA) is 79.5 Å². The van der Waals surface area contributed by atoms with Crippen LogP contribution in [0.1, 0.15) is 17.0 Å². The molecule has 0 unspecified atom stereocenters. The van der Waals surface area contributed by atoms with Gasteiger partial charge in [-0.2, -0.15) is 4.57 Å². The van der Waals surface area contributed by atoms with Gasteiger partial charge < -0.3 is 14.0 Å². The van der Waals surface area contributed by atoms with E-state index in [0.717, 1.165) is 26.5 Å². The van der Waals surface area contributed by atoms with E-state index in [0.29, 0.717) is 17.3 Å². The van der Waals surface area contributed by atoms with Crippen LogP contribution in [-0.2, 0) is 16.7 Å². The number of benzene rings is 2. The molecule has 6 nitrogen and oxygen atoms in total. The van der Waals surface area contributed by atoms with Crippen molar-refractivity contribution in [2.45, 2.75) is 13.0 Å². The van der Waals surface area contributed by atoms with Crippen molar-refractivity contribution in [3.8, 4) is 11.5 Å². The van der Waals surface area contributed by atoms with Gasteiger partial charge in [-0.1, -0.05) is 29.0 Å². The largest absolute Gasteiger partial charge is 0.748 e. The van der Waals surface area contributed by atoms with E-state index >= 15 is 0 Å². The van der Waals surface area contributed by atoms with E-state index in [1.54, 1.807) is 11.3 Å². The first kappa shape index (κ1) is 19.2. The highest BCUT2D eigenvalue weighted by Gasteiger charge is 2.19. The van der Waals surface area contributed by atoms with Crippen LogP contribution in [0.2, 0.25) is 5.02 Å². The zero-order valence-electron chi connectivity index (χ0n) is 14.6. The van der Waals surface area contributed by atoms with Gasteiger partial charge in [-0.25, -0.2) is 8.42 Å². The van der Waals surface area contributed by atoms with E-state index in [2.05, 4.69) is 0 Å². The Morgan fingerprint density at radius 2 is 1.96 bits per heavy atom.